The summed E-state index contributed by atoms with van der Waals surface area (Å²) in [7, 11) is -0.672. The molecule has 2 rings (SSSR count). The molecule has 23 heavy (non-hydrogen) atoms. The van der Waals surface area contributed by atoms with Gasteiger partial charge >= 0.3 is 14.2 Å². The van der Waals surface area contributed by atoms with Crippen LogP contribution in [0.5, 0.6) is 0 Å². The zero-order valence-corrected chi connectivity index (χ0v) is 16.7. The van der Waals surface area contributed by atoms with Crippen molar-refractivity contribution in [3.05, 3.63) is 0 Å². The molecule has 0 aromatic heterocycles. The minimum absolute atomic E-state index is 0.323. The molecule has 0 aromatic carbocycles. The maximum atomic E-state index is 6.38. The molecule has 0 radical (unpaired) electrons. The van der Waals surface area contributed by atoms with Gasteiger partial charge < -0.3 is 18.6 Å². The van der Waals surface area contributed by atoms with Gasteiger partial charge in [0.05, 0.1) is 22.4 Å². The van der Waals surface area contributed by atoms with Crippen molar-refractivity contribution in [2.75, 3.05) is 0 Å². The molecule has 0 N–H and O–H groups in total. The van der Waals surface area contributed by atoms with Crippen LogP contribution >= 0.6 is 0 Å². The van der Waals surface area contributed by atoms with Crippen molar-refractivity contribution < 1.29 is 18.6 Å². The summed E-state index contributed by atoms with van der Waals surface area (Å²) in [4.78, 5) is 0. The fourth-order valence-corrected chi connectivity index (χ4v) is 3.18. The largest absolute Gasteiger partial charge is 0.462 e. The monoisotopic (exact) mass is 324 g/mol. The van der Waals surface area contributed by atoms with Crippen LogP contribution in [0.15, 0.2) is 0 Å². The smallest absolute Gasteiger partial charge is 0.403 e. The van der Waals surface area contributed by atoms with Gasteiger partial charge in [-0.3, -0.25) is 0 Å². The van der Waals surface area contributed by atoms with E-state index in [2.05, 4.69) is 69.2 Å². The molecule has 2 aliphatic rings. The van der Waals surface area contributed by atoms with Crippen LogP contribution in [-0.2, 0) is 18.6 Å². The normalized spacial score (nSPS) is 28.4. The third-order valence-electron chi connectivity index (χ3n) is 6.76. The zero-order chi connectivity index (χ0) is 17.9. The van der Waals surface area contributed by atoms with Crippen molar-refractivity contribution >= 4 is 14.2 Å². The first-order valence-corrected chi connectivity index (χ1v) is 8.96. The summed E-state index contributed by atoms with van der Waals surface area (Å²) in [6, 6.07) is 0. The molecule has 0 aliphatic carbocycles. The molecule has 132 valence electrons. The maximum Gasteiger partial charge on any atom is 0.462 e. The lowest BCUT2D eigenvalue weighted by molar-refractivity contribution is 0.00578. The topological polar surface area (TPSA) is 36.9 Å². The molecule has 0 atom stereocenters. The summed E-state index contributed by atoms with van der Waals surface area (Å²) < 4.78 is 25.5. The number of hydrogen-bond acceptors (Lipinski definition) is 4. The molecule has 4 nitrogen and oxygen atoms in total. The van der Waals surface area contributed by atoms with Gasteiger partial charge in [0, 0.05) is 5.21 Å². The van der Waals surface area contributed by atoms with Gasteiger partial charge in [-0.1, -0.05) is 26.7 Å². The lowest BCUT2D eigenvalue weighted by Crippen LogP contribution is -2.48. The molecule has 0 unspecified atom stereocenters. The molecule has 0 aromatic rings. The molecule has 0 amide bonds. The fraction of sp³-hybridized carbons (Fsp3) is 1.00. The van der Waals surface area contributed by atoms with Crippen LogP contribution < -0.4 is 0 Å². The van der Waals surface area contributed by atoms with Gasteiger partial charge in [-0.25, -0.2) is 0 Å². The van der Waals surface area contributed by atoms with Gasteiger partial charge in [-0.2, -0.15) is 0 Å². The SMILES string of the molecule is CCC(CC)(B1OC(C)(C)C(C)(C)O1)B1OC(C)(C)C(C)(C)O1. The highest BCUT2D eigenvalue weighted by Gasteiger charge is 2.67. The van der Waals surface area contributed by atoms with E-state index in [1.807, 2.05) is 0 Å². The average molecular weight is 324 g/mol. The van der Waals surface area contributed by atoms with Crippen LogP contribution in [0, 0.1) is 0 Å². The van der Waals surface area contributed by atoms with E-state index in [1.165, 1.54) is 0 Å². The van der Waals surface area contributed by atoms with Gasteiger partial charge in [0.1, 0.15) is 0 Å². The summed E-state index contributed by atoms with van der Waals surface area (Å²) in [5.41, 5.74) is -1.40. The van der Waals surface area contributed by atoms with E-state index >= 15 is 0 Å². The second-order valence-electron chi connectivity index (χ2n) is 9.12. The Bertz CT molecular complexity index is 386. The molecule has 2 aliphatic heterocycles. The van der Waals surface area contributed by atoms with E-state index in [-0.39, 0.29) is 41.9 Å². The quantitative estimate of drug-likeness (QED) is 0.724. The molecular weight excluding hydrogens is 290 g/mol. The van der Waals surface area contributed by atoms with Gasteiger partial charge in [-0.15, -0.1) is 0 Å². The molecule has 6 heteroatoms. The summed E-state index contributed by atoms with van der Waals surface area (Å²) in [5, 5.41) is -0.323. The summed E-state index contributed by atoms with van der Waals surface area (Å²) in [6.45, 7) is 21.1. The summed E-state index contributed by atoms with van der Waals surface area (Å²) >= 11 is 0. The first kappa shape index (κ1) is 19.3. The molecule has 0 spiro atoms. The van der Waals surface area contributed by atoms with Crippen molar-refractivity contribution in [1.29, 1.82) is 0 Å². The molecule has 0 bridgehead atoms. The van der Waals surface area contributed by atoms with Gasteiger partial charge in [-0.05, 0) is 55.4 Å². The molecule has 2 heterocycles. The van der Waals surface area contributed by atoms with Crippen molar-refractivity contribution in [3.8, 4) is 0 Å². The highest BCUT2D eigenvalue weighted by Crippen LogP contribution is 2.54. The van der Waals surface area contributed by atoms with Crippen molar-refractivity contribution in [2.24, 2.45) is 0 Å². The Morgan fingerprint density at radius 2 is 0.783 bits per heavy atom. The molecule has 0 saturated carbocycles. The van der Waals surface area contributed by atoms with Crippen molar-refractivity contribution in [2.45, 2.75) is 110 Å². The van der Waals surface area contributed by atoms with E-state index in [1.54, 1.807) is 0 Å². The first-order valence-electron chi connectivity index (χ1n) is 8.96. The Morgan fingerprint density at radius 3 is 0.957 bits per heavy atom. The van der Waals surface area contributed by atoms with Crippen LogP contribution in [0.4, 0.5) is 0 Å². The van der Waals surface area contributed by atoms with Crippen LogP contribution in [0.25, 0.3) is 0 Å². The lowest BCUT2D eigenvalue weighted by Gasteiger charge is -2.35. The Labute approximate surface area is 143 Å². The van der Waals surface area contributed by atoms with E-state index < -0.39 is 0 Å². The van der Waals surface area contributed by atoms with Crippen molar-refractivity contribution in [1.82, 2.24) is 0 Å². The van der Waals surface area contributed by atoms with Gasteiger partial charge in [0.25, 0.3) is 0 Å². The average Bonchev–Trinajstić information content (AvgIpc) is 2.72. The highest BCUT2D eigenvalue weighted by atomic mass is 16.7. The zero-order valence-electron chi connectivity index (χ0n) is 16.7. The predicted molar refractivity (Wildman–Crippen MR) is 95.4 cm³/mol. The molecule has 2 fully saturated rings. The predicted octanol–water partition coefficient (Wildman–Crippen LogP) is 4.27. The molecular formula is C17H34B2O4. The third-order valence-corrected chi connectivity index (χ3v) is 6.76. The highest BCUT2D eigenvalue weighted by molar-refractivity contribution is 6.71. The standard InChI is InChI=1S/C17H34B2O4/c1-11-17(12-2,18-20-13(3,4)14(5,6)21-18)19-22-15(7,8)16(9,10)23-19/h11-12H2,1-10H3. The number of hydrogen-bond donors (Lipinski definition) is 0. The summed E-state index contributed by atoms with van der Waals surface area (Å²) in [5.74, 6) is 0. The van der Waals surface area contributed by atoms with Gasteiger partial charge in [0.2, 0.25) is 0 Å². The minimum Gasteiger partial charge on any atom is -0.403 e. The Kier molecular flexibility index (Phi) is 4.60. The first-order chi connectivity index (χ1) is 10.2. The second-order valence-corrected chi connectivity index (χ2v) is 9.12. The Balaban J connectivity index is 2.36. The van der Waals surface area contributed by atoms with Crippen LogP contribution in [-0.4, -0.2) is 36.6 Å². The molecule has 2 saturated heterocycles. The second kappa shape index (κ2) is 5.48. The van der Waals surface area contributed by atoms with E-state index in [9.17, 15) is 0 Å². The fourth-order valence-electron chi connectivity index (χ4n) is 3.18. The summed E-state index contributed by atoms with van der Waals surface area (Å²) in [6.07, 6.45) is 1.74. The number of rotatable bonds is 4. The van der Waals surface area contributed by atoms with Crippen molar-refractivity contribution in [3.63, 3.8) is 0 Å². The van der Waals surface area contributed by atoms with Crippen LogP contribution in [0.3, 0.4) is 0 Å². The minimum atomic E-state index is -0.350. The Hall–Kier alpha value is -0.0301. The van der Waals surface area contributed by atoms with Crippen LogP contribution in [0.2, 0.25) is 5.21 Å². The maximum absolute atomic E-state index is 6.38. The van der Waals surface area contributed by atoms with Crippen LogP contribution in [0.1, 0.15) is 82.1 Å². The van der Waals surface area contributed by atoms with E-state index in [4.69, 9.17) is 18.6 Å². The van der Waals surface area contributed by atoms with E-state index in [0.717, 1.165) is 12.8 Å². The lowest BCUT2D eigenvalue weighted by atomic mass is 9.36. The Morgan fingerprint density at radius 1 is 0.565 bits per heavy atom. The van der Waals surface area contributed by atoms with Gasteiger partial charge in [0.15, 0.2) is 0 Å². The third kappa shape index (κ3) is 2.80. The van der Waals surface area contributed by atoms with E-state index in [0.29, 0.717) is 0 Å².